The van der Waals surface area contributed by atoms with Crippen LogP contribution in [0.25, 0.3) is 22.2 Å². The first kappa shape index (κ1) is 27.6. The van der Waals surface area contributed by atoms with Crippen molar-refractivity contribution in [3.63, 3.8) is 0 Å². The Morgan fingerprint density at radius 1 is 0.952 bits per heavy atom. The zero-order chi connectivity index (χ0) is 29.2. The van der Waals surface area contributed by atoms with E-state index in [1.54, 1.807) is 19.1 Å². The summed E-state index contributed by atoms with van der Waals surface area (Å²) in [6.45, 7) is 5.85. The predicted octanol–water partition coefficient (Wildman–Crippen LogP) is 4.18. The highest BCUT2D eigenvalue weighted by Crippen LogP contribution is 2.29. The number of amides is 2. The van der Waals surface area contributed by atoms with Gasteiger partial charge in [-0.2, -0.15) is 5.10 Å². The van der Waals surface area contributed by atoms with E-state index in [0.717, 1.165) is 35.2 Å². The summed E-state index contributed by atoms with van der Waals surface area (Å²) in [7, 11) is 0. The normalized spacial score (nSPS) is 17.5. The number of ketones is 1. The van der Waals surface area contributed by atoms with E-state index in [4.69, 9.17) is 0 Å². The molecule has 2 saturated heterocycles. The van der Waals surface area contributed by atoms with Gasteiger partial charge in [0.1, 0.15) is 5.82 Å². The minimum absolute atomic E-state index is 0.0477. The fourth-order valence-corrected chi connectivity index (χ4v) is 5.77. The molecule has 42 heavy (non-hydrogen) atoms. The number of nitrogens with one attached hydrogen (secondary N) is 2. The van der Waals surface area contributed by atoms with Gasteiger partial charge in [-0.25, -0.2) is 4.39 Å². The number of likely N-dealkylation sites (tertiary alicyclic amines) is 1. The molecule has 0 spiro atoms. The molecule has 2 fully saturated rings. The number of piperazine rings is 1. The van der Waals surface area contributed by atoms with Crippen LogP contribution in [0.5, 0.6) is 0 Å². The summed E-state index contributed by atoms with van der Waals surface area (Å²) in [5.74, 6) is -0.451. The van der Waals surface area contributed by atoms with Gasteiger partial charge in [0.05, 0.1) is 23.7 Å². The van der Waals surface area contributed by atoms with E-state index in [0.29, 0.717) is 56.1 Å². The Labute approximate surface area is 243 Å². The minimum atomic E-state index is -0.310. The lowest BCUT2D eigenvalue weighted by molar-refractivity contribution is -0.132. The van der Waals surface area contributed by atoms with Crippen molar-refractivity contribution in [1.82, 2.24) is 20.0 Å². The molecule has 0 aliphatic carbocycles. The lowest BCUT2D eigenvalue weighted by Crippen LogP contribution is -2.51. The number of aromatic nitrogens is 2. The highest BCUT2D eigenvalue weighted by molar-refractivity contribution is 5.99. The van der Waals surface area contributed by atoms with E-state index in [1.165, 1.54) is 12.1 Å². The molecule has 4 aromatic rings. The van der Waals surface area contributed by atoms with Crippen molar-refractivity contribution < 1.29 is 18.8 Å². The molecular weight excluding hydrogens is 535 g/mol. The van der Waals surface area contributed by atoms with Crippen molar-refractivity contribution in [3.8, 4) is 11.3 Å². The van der Waals surface area contributed by atoms with Gasteiger partial charge in [-0.3, -0.25) is 24.4 Å². The molecule has 3 aromatic carbocycles. The van der Waals surface area contributed by atoms with Crippen LogP contribution in [0.3, 0.4) is 0 Å². The monoisotopic (exact) mass is 568 g/mol. The Bertz CT molecular complexity index is 1610. The van der Waals surface area contributed by atoms with Crippen LogP contribution in [-0.4, -0.2) is 83.4 Å². The standard InChI is InChI=1S/C32H33FN6O3/c1-21(40)22-4-9-27(10-5-22)38-14-16-39(17-15-38)30(41)20-37-13-12-24(19-37)32(42)34-26-8-11-29-28(18-26)31(36-35-29)23-2-6-25(33)7-3-23/h2-11,18,24H,12-17,19-20H2,1H3,(H,34,42)(H,35,36)/t24-/m1/s1. The maximum Gasteiger partial charge on any atom is 0.236 e. The number of anilines is 2. The molecule has 1 aromatic heterocycles. The van der Waals surface area contributed by atoms with Crippen LogP contribution in [0.4, 0.5) is 15.8 Å². The van der Waals surface area contributed by atoms with Gasteiger partial charge in [-0.15, -0.1) is 0 Å². The minimum Gasteiger partial charge on any atom is -0.368 e. The van der Waals surface area contributed by atoms with Crippen molar-refractivity contribution in [2.75, 3.05) is 56.0 Å². The molecule has 2 amide bonds. The number of halogens is 1. The van der Waals surface area contributed by atoms with E-state index in [1.807, 2.05) is 47.4 Å². The first-order valence-corrected chi connectivity index (χ1v) is 14.2. The second kappa shape index (κ2) is 11.7. The van der Waals surface area contributed by atoms with Crippen LogP contribution in [0, 0.1) is 11.7 Å². The van der Waals surface area contributed by atoms with Gasteiger partial charge in [-0.1, -0.05) is 0 Å². The zero-order valence-electron chi connectivity index (χ0n) is 23.5. The summed E-state index contributed by atoms with van der Waals surface area (Å²) in [5, 5.41) is 11.2. The molecule has 2 aliphatic rings. The van der Waals surface area contributed by atoms with Crippen molar-refractivity contribution in [2.45, 2.75) is 13.3 Å². The average Bonchev–Trinajstić information content (AvgIpc) is 3.65. The number of hydrogen-bond acceptors (Lipinski definition) is 6. The highest BCUT2D eigenvalue weighted by atomic mass is 19.1. The number of carbonyl (C=O) groups excluding carboxylic acids is 3. The first-order valence-electron chi connectivity index (χ1n) is 14.2. The van der Waals surface area contributed by atoms with Gasteiger partial charge >= 0.3 is 0 Å². The Balaban J connectivity index is 1.00. The number of carbonyl (C=O) groups is 3. The van der Waals surface area contributed by atoms with Gasteiger partial charge in [0.25, 0.3) is 0 Å². The Kier molecular flexibility index (Phi) is 7.71. The van der Waals surface area contributed by atoms with Crippen LogP contribution >= 0.6 is 0 Å². The third kappa shape index (κ3) is 5.89. The molecule has 6 rings (SSSR count). The van der Waals surface area contributed by atoms with Crippen LogP contribution in [-0.2, 0) is 9.59 Å². The first-order chi connectivity index (χ1) is 20.3. The van der Waals surface area contributed by atoms with Crippen molar-refractivity contribution >= 4 is 39.9 Å². The van der Waals surface area contributed by atoms with Crippen molar-refractivity contribution in [2.24, 2.45) is 5.92 Å². The topological polar surface area (TPSA) is 102 Å². The molecule has 216 valence electrons. The number of aromatic amines is 1. The number of benzene rings is 3. The maximum atomic E-state index is 13.4. The van der Waals surface area contributed by atoms with Gasteiger partial charge in [0.2, 0.25) is 11.8 Å². The smallest absolute Gasteiger partial charge is 0.236 e. The largest absolute Gasteiger partial charge is 0.368 e. The van der Waals surface area contributed by atoms with E-state index < -0.39 is 0 Å². The molecule has 0 bridgehead atoms. The van der Waals surface area contributed by atoms with Crippen molar-refractivity contribution in [3.05, 3.63) is 78.1 Å². The lowest BCUT2D eigenvalue weighted by Gasteiger charge is -2.36. The van der Waals surface area contributed by atoms with E-state index >= 15 is 0 Å². The summed E-state index contributed by atoms with van der Waals surface area (Å²) in [6.07, 6.45) is 0.692. The van der Waals surface area contributed by atoms with E-state index in [2.05, 4.69) is 25.3 Å². The second-order valence-corrected chi connectivity index (χ2v) is 11.0. The molecule has 0 saturated carbocycles. The molecule has 0 radical (unpaired) electrons. The lowest BCUT2D eigenvalue weighted by atomic mass is 10.1. The van der Waals surface area contributed by atoms with Crippen molar-refractivity contribution in [1.29, 1.82) is 0 Å². The summed E-state index contributed by atoms with van der Waals surface area (Å²) >= 11 is 0. The quantitative estimate of drug-likeness (QED) is 0.325. The highest BCUT2D eigenvalue weighted by Gasteiger charge is 2.31. The predicted molar refractivity (Wildman–Crippen MR) is 160 cm³/mol. The number of H-pyrrole nitrogens is 1. The summed E-state index contributed by atoms with van der Waals surface area (Å²) in [6, 6.07) is 19.3. The molecule has 10 heteroatoms. The number of fused-ring (bicyclic) bond motifs is 1. The molecular formula is C32H33FN6O3. The molecule has 2 aliphatic heterocycles. The van der Waals surface area contributed by atoms with Gasteiger partial charge in [0, 0.05) is 60.6 Å². The Hall–Kier alpha value is -4.57. The Morgan fingerprint density at radius 3 is 2.40 bits per heavy atom. The number of rotatable bonds is 7. The zero-order valence-corrected chi connectivity index (χ0v) is 23.5. The van der Waals surface area contributed by atoms with E-state index in [9.17, 15) is 18.8 Å². The SMILES string of the molecule is CC(=O)c1ccc(N2CCN(C(=O)CN3CC[C@@H](C(=O)Nc4ccc5[nH]nc(-c6ccc(F)cc6)c5c4)C3)CC2)cc1. The molecule has 9 nitrogen and oxygen atoms in total. The molecule has 0 unspecified atom stereocenters. The second-order valence-electron chi connectivity index (χ2n) is 11.0. The van der Waals surface area contributed by atoms with Crippen LogP contribution in [0.2, 0.25) is 0 Å². The summed E-state index contributed by atoms with van der Waals surface area (Å²) in [4.78, 5) is 43.9. The maximum absolute atomic E-state index is 13.4. The van der Waals surface area contributed by atoms with Crippen LogP contribution in [0.1, 0.15) is 23.7 Å². The molecule has 1 atom stereocenters. The van der Waals surface area contributed by atoms with E-state index in [-0.39, 0.29) is 29.3 Å². The molecule has 3 heterocycles. The van der Waals surface area contributed by atoms with Gasteiger partial charge < -0.3 is 15.1 Å². The number of hydrogen-bond donors (Lipinski definition) is 2. The summed E-state index contributed by atoms with van der Waals surface area (Å²) in [5.41, 5.74) is 4.72. The van der Waals surface area contributed by atoms with Gasteiger partial charge in [-0.05, 0) is 86.6 Å². The van der Waals surface area contributed by atoms with Gasteiger partial charge in [0.15, 0.2) is 5.78 Å². The number of Topliss-reactive ketones (excluding diaryl/α,β-unsaturated/α-hetero) is 1. The van der Waals surface area contributed by atoms with Crippen LogP contribution in [0.15, 0.2) is 66.7 Å². The third-order valence-corrected chi connectivity index (χ3v) is 8.22. The summed E-state index contributed by atoms with van der Waals surface area (Å²) < 4.78 is 13.4. The average molecular weight is 569 g/mol. The molecule has 2 N–H and O–H groups in total. The van der Waals surface area contributed by atoms with Crippen LogP contribution < -0.4 is 10.2 Å². The fourth-order valence-electron chi connectivity index (χ4n) is 5.77. The number of nitrogens with zero attached hydrogens (tertiary/aromatic N) is 4. The third-order valence-electron chi connectivity index (χ3n) is 8.22. The fraction of sp³-hybridized carbons (Fsp3) is 0.312. The Morgan fingerprint density at radius 2 is 1.69 bits per heavy atom.